The summed E-state index contributed by atoms with van der Waals surface area (Å²) in [7, 11) is -2.03. The van der Waals surface area contributed by atoms with E-state index >= 15 is 0 Å². The molecule has 0 aromatic heterocycles. The van der Waals surface area contributed by atoms with Crippen molar-refractivity contribution in [2.24, 2.45) is 0 Å². The molecule has 2 amide bonds. The van der Waals surface area contributed by atoms with Gasteiger partial charge in [0, 0.05) is 30.1 Å². The molecule has 204 valence electrons. The number of carbonyl (C=O) groups is 2. The van der Waals surface area contributed by atoms with Gasteiger partial charge in [0.1, 0.15) is 11.8 Å². The summed E-state index contributed by atoms with van der Waals surface area (Å²) in [4.78, 5) is 27.9. The molecule has 0 aliphatic carbocycles. The van der Waals surface area contributed by atoms with Crippen molar-refractivity contribution in [1.82, 2.24) is 10.2 Å². The minimum absolute atomic E-state index is 0.0644. The van der Waals surface area contributed by atoms with Gasteiger partial charge in [0.2, 0.25) is 21.8 Å². The zero-order valence-corrected chi connectivity index (χ0v) is 24.2. The van der Waals surface area contributed by atoms with Gasteiger partial charge in [-0.2, -0.15) is 0 Å². The molecule has 37 heavy (non-hydrogen) atoms. The highest BCUT2D eigenvalue weighted by Crippen LogP contribution is 2.28. The number of ether oxygens (including phenoxy) is 1. The highest BCUT2D eigenvalue weighted by Gasteiger charge is 2.29. The molecule has 0 unspecified atom stereocenters. The summed E-state index contributed by atoms with van der Waals surface area (Å²) in [5.41, 5.74) is 1.52. The molecule has 10 heteroatoms. The van der Waals surface area contributed by atoms with Crippen LogP contribution < -0.4 is 14.4 Å². The molecule has 0 bridgehead atoms. The molecule has 0 aliphatic heterocycles. The van der Waals surface area contributed by atoms with Gasteiger partial charge in [0.05, 0.1) is 19.1 Å². The van der Waals surface area contributed by atoms with Crippen molar-refractivity contribution in [2.75, 3.05) is 24.2 Å². The maximum absolute atomic E-state index is 13.4. The number of sulfonamides is 1. The van der Waals surface area contributed by atoms with Crippen LogP contribution in [0.2, 0.25) is 5.02 Å². The van der Waals surface area contributed by atoms with Crippen LogP contribution in [0, 0.1) is 6.92 Å². The molecule has 1 N–H and O–H groups in total. The van der Waals surface area contributed by atoms with Gasteiger partial charge < -0.3 is 15.0 Å². The lowest BCUT2D eigenvalue weighted by atomic mass is 10.1. The van der Waals surface area contributed by atoms with Crippen LogP contribution in [-0.2, 0) is 26.2 Å². The Balaban J connectivity index is 2.23. The number of hydrogen-bond acceptors (Lipinski definition) is 5. The second kappa shape index (κ2) is 12.6. The molecule has 0 heterocycles. The fourth-order valence-electron chi connectivity index (χ4n) is 3.83. The number of methoxy groups -OCH3 is 1. The number of nitrogens with zero attached hydrogens (tertiary/aromatic N) is 2. The highest BCUT2D eigenvalue weighted by molar-refractivity contribution is 7.92. The van der Waals surface area contributed by atoms with E-state index in [0.717, 1.165) is 11.8 Å². The minimum Gasteiger partial charge on any atom is -0.497 e. The third-order valence-electron chi connectivity index (χ3n) is 5.84. The van der Waals surface area contributed by atoms with Crippen molar-refractivity contribution in [3.05, 3.63) is 58.6 Å². The molecular weight excluding hydrogens is 514 g/mol. The van der Waals surface area contributed by atoms with Crippen LogP contribution in [0.5, 0.6) is 5.75 Å². The minimum atomic E-state index is -3.61. The highest BCUT2D eigenvalue weighted by atomic mass is 35.5. The Morgan fingerprint density at radius 1 is 1.11 bits per heavy atom. The van der Waals surface area contributed by atoms with E-state index in [4.69, 9.17) is 16.3 Å². The topological polar surface area (TPSA) is 96.0 Å². The van der Waals surface area contributed by atoms with E-state index in [1.807, 2.05) is 32.9 Å². The second-order valence-electron chi connectivity index (χ2n) is 10.1. The van der Waals surface area contributed by atoms with Crippen LogP contribution in [0.4, 0.5) is 5.69 Å². The Bertz CT molecular complexity index is 1190. The molecule has 1 atom stereocenters. The van der Waals surface area contributed by atoms with Gasteiger partial charge in [-0.1, -0.05) is 29.8 Å². The maximum atomic E-state index is 13.4. The van der Waals surface area contributed by atoms with Gasteiger partial charge in [-0.25, -0.2) is 8.42 Å². The van der Waals surface area contributed by atoms with E-state index in [9.17, 15) is 18.0 Å². The Morgan fingerprint density at radius 2 is 1.73 bits per heavy atom. The van der Waals surface area contributed by atoms with Crippen molar-refractivity contribution in [3.8, 4) is 5.75 Å². The normalized spacial score (nSPS) is 12.5. The van der Waals surface area contributed by atoms with Crippen molar-refractivity contribution in [3.63, 3.8) is 0 Å². The zero-order chi connectivity index (χ0) is 28.0. The van der Waals surface area contributed by atoms with Gasteiger partial charge >= 0.3 is 0 Å². The molecule has 0 aliphatic rings. The number of hydrogen-bond donors (Lipinski definition) is 1. The summed E-state index contributed by atoms with van der Waals surface area (Å²) >= 11 is 6.21. The summed E-state index contributed by atoms with van der Waals surface area (Å²) in [5.74, 6) is 0.183. The lowest BCUT2D eigenvalue weighted by Gasteiger charge is -2.32. The van der Waals surface area contributed by atoms with E-state index in [-0.39, 0.29) is 37.7 Å². The summed E-state index contributed by atoms with van der Waals surface area (Å²) < 4.78 is 31.6. The Morgan fingerprint density at radius 3 is 2.27 bits per heavy atom. The Hall–Kier alpha value is -2.78. The first-order valence-electron chi connectivity index (χ1n) is 12.1. The summed E-state index contributed by atoms with van der Waals surface area (Å²) in [6.45, 7) is 9.42. The number of benzene rings is 2. The molecule has 0 radical (unpaired) electrons. The largest absolute Gasteiger partial charge is 0.497 e. The molecule has 0 saturated carbocycles. The summed E-state index contributed by atoms with van der Waals surface area (Å²) in [5, 5.41) is 3.40. The molecule has 2 aromatic rings. The van der Waals surface area contributed by atoms with Gasteiger partial charge in [-0.05, 0) is 76.4 Å². The van der Waals surface area contributed by atoms with E-state index in [2.05, 4.69) is 5.32 Å². The number of anilines is 1. The van der Waals surface area contributed by atoms with Gasteiger partial charge in [-0.15, -0.1) is 0 Å². The number of carbonyl (C=O) groups excluding carboxylic acids is 2. The first-order chi connectivity index (χ1) is 17.1. The van der Waals surface area contributed by atoms with Crippen LogP contribution in [0.25, 0.3) is 0 Å². The second-order valence-corrected chi connectivity index (χ2v) is 12.4. The van der Waals surface area contributed by atoms with Crippen LogP contribution in [0.15, 0.2) is 42.5 Å². The van der Waals surface area contributed by atoms with E-state index in [1.165, 1.54) is 9.21 Å². The van der Waals surface area contributed by atoms with Gasteiger partial charge in [0.15, 0.2) is 0 Å². The number of nitrogens with one attached hydrogen (secondary N) is 1. The van der Waals surface area contributed by atoms with Crippen molar-refractivity contribution >= 4 is 39.1 Å². The summed E-state index contributed by atoms with van der Waals surface area (Å²) in [6.07, 6.45) is 1.46. The van der Waals surface area contributed by atoms with Crippen molar-refractivity contribution in [1.29, 1.82) is 0 Å². The van der Waals surface area contributed by atoms with Crippen LogP contribution in [-0.4, -0.2) is 56.6 Å². The fraction of sp³-hybridized carbons (Fsp3) is 0.481. The predicted molar refractivity (Wildman–Crippen MR) is 149 cm³/mol. The predicted octanol–water partition coefficient (Wildman–Crippen LogP) is 4.54. The first kappa shape index (κ1) is 30.4. The van der Waals surface area contributed by atoms with Crippen molar-refractivity contribution < 1.29 is 22.7 Å². The van der Waals surface area contributed by atoms with Crippen LogP contribution in [0.3, 0.4) is 0 Å². The van der Waals surface area contributed by atoms with Gasteiger partial charge in [-0.3, -0.25) is 13.9 Å². The lowest BCUT2D eigenvalue weighted by molar-refractivity contribution is -0.141. The standard InChI is InChI=1S/C27H38ClN3O5S/c1-19-23(28)10-8-11-24(19)31(37(7,34)35)17-9-12-25(32)30(20(2)26(33)29-27(3,4)5)18-21-13-15-22(36-6)16-14-21/h8,10-11,13-16,20H,9,12,17-18H2,1-7H3,(H,29,33)/t20-/m0/s1. The van der Waals surface area contributed by atoms with Crippen LogP contribution in [0.1, 0.15) is 51.7 Å². The number of rotatable bonds is 11. The van der Waals surface area contributed by atoms with E-state index in [0.29, 0.717) is 22.0 Å². The lowest BCUT2D eigenvalue weighted by Crippen LogP contribution is -2.52. The number of halogens is 1. The first-order valence-corrected chi connectivity index (χ1v) is 14.3. The molecule has 2 aromatic carbocycles. The average molecular weight is 552 g/mol. The monoisotopic (exact) mass is 551 g/mol. The van der Waals surface area contributed by atoms with Crippen LogP contribution >= 0.6 is 11.6 Å². The van der Waals surface area contributed by atoms with Gasteiger partial charge in [0.25, 0.3) is 0 Å². The molecule has 0 saturated heterocycles. The molecule has 8 nitrogen and oxygen atoms in total. The quantitative estimate of drug-likeness (QED) is 0.442. The maximum Gasteiger partial charge on any atom is 0.242 e. The molecular formula is C27H38ClN3O5S. The zero-order valence-electron chi connectivity index (χ0n) is 22.7. The smallest absolute Gasteiger partial charge is 0.242 e. The van der Waals surface area contributed by atoms with E-state index in [1.54, 1.807) is 51.3 Å². The molecule has 2 rings (SSSR count). The number of amides is 2. The van der Waals surface area contributed by atoms with E-state index < -0.39 is 21.6 Å². The third kappa shape index (κ3) is 8.93. The van der Waals surface area contributed by atoms with Crippen molar-refractivity contribution in [2.45, 2.75) is 65.6 Å². The third-order valence-corrected chi connectivity index (χ3v) is 7.43. The molecule has 0 fully saturated rings. The summed E-state index contributed by atoms with van der Waals surface area (Å²) in [6, 6.07) is 11.7. The Labute approximate surface area is 226 Å². The SMILES string of the molecule is COc1ccc(CN(C(=O)CCCN(c2cccc(Cl)c2C)S(C)(=O)=O)[C@@H](C)C(=O)NC(C)(C)C)cc1. The molecule has 0 spiro atoms. The fourth-order valence-corrected chi connectivity index (χ4v) is 5.02. The average Bonchev–Trinajstić information content (AvgIpc) is 2.80. The Kier molecular flexibility index (Phi) is 10.4.